The lowest BCUT2D eigenvalue weighted by Gasteiger charge is -2.21. The number of amides is 2. The highest BCUT2D eigenvalue weighted by atomic mass is 32.1. The van der Waals surface area contributed by atoms with E-state index in [1.807, 2.05) is 6.92 Å². The quantitative estimate of drug-likeness (QED) is 0.875. The Bertz CT molecular complexity index is 714. The molecule has 0 unspecified atom stereocenters. The van der Waals surface area contributed by atoms with Gasteiger partial charge in [0.2, 0.25) is 11.8 Å². The monoisotopic (exact) mass is 343 g/mol. The Labute approximate surface area is 145 Å². The first-order valence-electron chi connectivity index (χ1n) is 8.17. The molecule has 2 amide bonds. The van der Waals surface area contributed by atoms with Gasteiger partial charge in [0, 0.05) is 30.5 Å². The lowest BCUT2D eigenvalue weighted by molar-refractivity contribution is -0.128. The van der Waals surface area contributed by atoms with E-state index in [1.54, 1.807) is 11.3 Å². The molecule has 1 fully saturated rings. The molecule has 24 heavy (non-hydrogen) atoms. The number of carbonyl (C=O) groups excluding carboxylic acids is 2. The summed E-state index contributed by atoms with van der Waals surface area (Å²) in [5.41, 5.74) is 3.31. The highest BCUT2D eigenvalue weighted by Gasteiger charge is 2.23. The molecule has 2 N–H and O–H groups in total. The van der Waals surface area contributed by atoms with Crippen LogP contribution in [0.25, 0.3) is 11.3 Å². The maximum absolute atomic E-state index is 12.1. The van der Waals surface area contributed by atoms with E-state index in [4.69, 9.17) is 0 Å². The zero-order valence-electron chi connectivity index (χ0n) is 13.7. The normalized spacial score (nSPS) is 17.4. The molecule has 0 radical (unpaired) electrons. The molecular formula is C18H21N3O2S. The second-order valence-electron chi connectivity index (χ2n) is 6.03. The lowest BCUT2D eigenvalue weighted by atomic mass is 9.98. The fourth-order valence-corrected chi connectivity index (χ4v) is 3.39. The Morgan fingerprint density at radius 2 is 2.17 bits per heavy atom. The minimum absolute atomic E-state index is 0.0320. The SMILES string of the molecule is Cc1nc(-c2ccc(CCNC(=O)[C@@H]3CCC(=O)NC3)cc2)cs1. The van der Waals surface area contributed by atoms with Crippen molar-refractivity contribution in [1.82, 2.24) is 15.6 Å². The molecule has 2 heterocycles. The lowest BCUT2D eigenvalue weighted by Crippen LogP contribution is -2.43. The van der Waals surface area contributed by atoms with E-state index in [1.165, 1.54) is 5.56 Å². The third-order valence-corrected chi connectivity index (χ3v) is 4.99. The molecule has 5 nitrogen and oxygen atoms in total. The predicted molar refractivity (Wildman–Crippen MR) is 94.7 cm³/mol. The molecule has 0 spiro atoms. The molecule has 126 valence electrons. The third kappa shape index (κ3) is 4.20. The van der Waals surface area contributed by atoms with Crippen molar-refractivity contribution in [2.24, 2.45) is 5.92 Å². The molecular weight excluding hydrogens is 322 g/mol. The van der Waals surface area contributed by atoms with Gasteiger partial charge in [-0.15, -0.1) is 11.3 Å². The van der Waals surface area contributed by atoms with Crippen LogP contribution in [0.5, 0.6) is 0 Å². The molecule has 1 aromatic heterocycles. The fraction of sp³-hybridized carbons (Fsp3) is 0.389. The van der Waals surface area contributed by atoms with E-state index in [0.717, 1.165) is 22.7 Å². The zero-order chi connectivity index (χ0) is 16.9. The fourth-order valence-electron chi connectivity index (χ4n) is 2.77. The largest absolute Gasteiger partial charge is 0.355 e. The van der Waals surface area contributed by atoms with Gasteiger partial charge in [-0.25, -0.2) is 4.98 Å². The second kappa shape index (κ2) is 7.57. The van der Waals surface area contributed by atoms with Crippen molar-refractivity contribution >= 4 is 23.2 Å². The summed E-state index contributed by atoms with van der Waals surface area (Å²) in [7, 11) is 0. The first-order valence-corrected chi connectivity index (χ1v) is 9.05. The zero-order valence-corrected chi connectivity index (χ0v) is 14.5. The summed E-state index contributed by atoms with van der Waals surface area (Å²) < 4.78 is 0. The Morgan fingerprint density at radius 1 is 1.38 bits per heavy atom. The summed E-state index contributed by atoms with van der Waals surface area (Å²) in [6.07, 6.45) is 1.87. The number of thiazole rings is 1. The van der Waals surface area contributed by atoms with Crippen LogP contribution < -0.4 is 10.6 Å². The van der Waals surface area contributed by atoms with Gasteiger partial charge in [0.25, 0.3) is 0 Å². The summed E-state index contributed by atoms with van der Waals surface area (Å²) in [5, 5.41) is 8.83. The number of hydrogen-bond donors (Lipinski definition) is 2. The van der Waals surface area contributed by atoms with E-state index < -0.39 is 0 Å². The summed E-state index contributed by atoms with van der Waals surface area (Å²) >= 11 is 1.65. The highest BCUT2D eigenvalue weighted by Crippen LogP contribution is 2.21. The minimum Gasteiger partial charge on any atom is -0.355 e. The smallest absolute Gasteiger partial charge is 0.224 e. The molecule has 3 rings (SSSR count). The highest BCUT2D eigenvalue weighted by molar-refractivity contribution is 7.09. The van der Waals surface area contributed by atoms with Crippen LogP contribution in [0.2, 0.25) is 0 Å². The number of benzene rings is 1. The van der Waals surface area contributed by atoms with Crippen molar-refractivity contribution in [3.05, 3.63) is 40.2 Å². The van der Waals surface area contributed by atoms with Crippen LogP contribution in [0, 0.1) is 12.8 Å². The number of aryl methyl sites for hydroxylation is 1. The van der Waals surface area contributed by atoms with Gasteiger partial charge in [-0.3, -0.25) is 9.59 Å². The van der Waals surface area contributed by atoms with Crippen LogP contribution in [0.3, 0.4) is 0 Å². The van der Waals surface area contributed by atoms with Crippen molar-refractivity contribution in [3.63, 3.8) is 0 Å². The van der Waals surface area contributed by atoms with Crippen LogP contribution in [0.15, 0.2) is 29.6 Å². The number of rotatable bonds is 5. The Hall–Kier alpha value is -2.21. The van der Waals surface area contributed by atoms with Gasteiger partial charge < -0.3 is 10.6 Å². The average Bonchev–Trinajstić information content (AvgIpc) is 3.02. The van der Waals surface area contributed by atoms with Crippen molar-refractivity contribution in [2.75, 3.05) is 13.1 Å². The predicted octanol–water partition coefficient (Wildman–Crippen LogP) is 2.30. The van der Waals surface area contributed by atoms with Crippen LogP contribution in [0.1, 0.15) is 23.4 Å². The molecule has 0 aliphatic carbocycles. The van der Waals surface area contributed by atoms with E-state index in [0.29, 0.717) is 25.9 Å². The van der Waals surface area contributed by atoms with E-state index in [9.17, 15) is 9.59 Å². The molecule has 1 saturated heterocycles. The molecule has 2 aromatic rings. The third-order valence-electron chi connectivity index (χ3n) is 4.22. The van der Waals surface area contributed by atoms with Crippen molar-refractivity contribution in [3.8, 4) is 11.3 Å². The molecule has 1 atom stereocenters. The number of carbonyl (C=O) groups is 2. The first kappa shape index (κ1) is 16.6. The molecule has 1 aromatic carbocycles. The van der Waals surface area contributed by atoms with Crippen LogP contribution in [-0.4, -0.2) is 29.9 Å². The average molecular weight is 343 g/mol. The Balaban J connectivity index is 1.46. The molecule has 6 heteroatoms. The minimum atomic E-state index is -0.0991. The Morgan fingerprint density at radius 3 is 2.79 bits per heavy atom. The van der Waals surface area contributed by atoms with Gasteiger partial charge >= 0.3 is 0 Å². The number of hydrogen-bond acceptors (Lipinski definition) is 4. The van der Waals surface area contributed by atoms with E-state index in [-0.39, 0.29) is 17.7 Å². The summed E-state index contributed by atoms with van der Waals surface area (Å²) in [4.78, 5) is 27.7. The van der Waals surface area contributed by atoms with E-state index in [2.05, 4.69) is 45.3 Å². The number of nitrogens with one attached hydrogen (secondary N) is 2. The standard InChI is InChI=1S/C18H21N3O2S/c1-12-21-16(11-24-12)14-4-2-13(3-5-14)8-9-19-18(23)15-6-7-17(22)20-10-15/h2-5,11,15H,6-10H2,1H3,(H,19,23)(H,20,22)/t15-/m1/s1. The van der Waals surface area contributed by atoms with Crippen LogP contribution in [0.4, 0.5) is 0 Å². The van der Waals surface area contributed by atoms with Gasteiger partial charge in [-0.1, -0.05) is 24.3 Å². The first-order chi connectivity index (χ1) is 11.6. The van der Waals surface area contributed by atoms with Gasteiger partial charge in [0.1, 0.15) is 0 Å². The summed E-state index contributed by atoms with van der Waals surface area (Å²) in [5.74, 6) is -0.0306. The van der Waals surface area contributed by atoms with E-state index >= 15 is 0 Å². The number of nitrogens with zero attached hydrogens (tertiary/aromatic N) is 1. The molecule has 1 aliphatic rings. The summed E-state index contributed by atoms with van der Waals surface area (Å²) in [6.45, 7) is 3.06. The van der Waals surface area contributed by atoms with Crippen LogP contribution >= 0.6 is 11.3 Å². The Kier molecular flexibility index (Phi) is 5.25. The summed E-state index contributed by atoms with van der Waals surface area (Å²) in [6, 6.07) is 8.30. The maximum atomic E-state index is 12.1. The molecule has 0 bridgehead atoms. The number of aromatic nitrogens is 1. The topological polar surface area (TPSA) is 71.1 Å². The molecule has 0 saturated carbocycles. The van der Waals surface area contributed by atoms with Gasteiger partial charge in [0.05, 0.1) is 16.6 Å². The van der Waals surface area contributed by atoms with Crippen molar-refractivity contribution in [2.45, 2.75) is 26.2 Å². The number of piperidine rings is 1. The van der Waals surface area contributed by atoms with Crippen molar-refractivity contribution < 1.29 is 9.59 Å². The maximum Gasteiger partial charge on any atom is 0.224 e. The van der Waals surface area contributed by atoms with Gasteiger partial charge in [-0.05, 0) is 25.3 Å². The van der Waals surface area contributed by atoms with Gasteiger partial charge in [0.15, 0.2) is 0 Å². The molecule has 1 aliphatic heterocycles. The van der Waals surface area contributed by atoms with Gasteiger partial charge in [-0.2, -0.15) is 0 Å². The van der Waals surface area contributed by atoms with Crippen molar-refractivity contribution in [1.29, 1.82) is 0 Å². The second-order valence-corrected chi connectivity index (χ2v) is 7.09. The van der Waals surface area contributed by atoms with Crippen LogP contribution in [-0.2, 0) is 16.0 Å².